The molecule has 0 amide bonds. The molecule has 0 radical (unpaired) electrons. The van der Waals surface area contributed by atoms with Gasteiger partial charge in [0.15, 0.2) is 0 Å². The van der Waals surface area contributed by atoms with Gasteiger partial charge in [-0.15, -0.1) is 0 Å². The SMILES string of the molecule is CCCCCCCCCCC(O)C1CC1. The Morgan fingerprint density at radius 2 is 1.47 bits per heavy atom. The Kier molecular flexibility index (Phi) is 7.08. The van der Waals surface area contributed by atoms with Crippen molar-refractivity contribution in [1.82, 2.24) is 0 Å². The van der Waals surface area contributed by atoms with E-state index in [9.17, 15) is 5.11 Å². The molecule has 1 unspecified atom stereocenters. The van der Waals surface area contributed by atoms with E-state index < -0.39 is 0 Å². The van der Waals surface area contributed by atoms with E-state index in [1.54, 1.807) is 0 Å². The van der Waals surface area contributed by atoms with Crippen LogP contribution in [0.5, 0.6) is 0 Å². The average Bonchev–Trinajstić information content (AvgIpc) is 3.05. The fraction of sp³-hybridized carbons (Fsp3) is 1.00. The first-order valence-electron chi connectivity index (χ1n) is 7.02. The molecule has 15 heavy (non-hydrogen) atoms. The molecule has 0 saturated heterocycles. The second-order valence-corrected chi connectivity index (χ2v) is 5.17. The van der Waals surface area contributed by atoms with E-state index in [1.807, 2.05) is 0 Å². The molecule has 0 spiro atoms. The highest BCUT2D eigenvalue weighted by Gasteiger charge is 2.28. The van der Waals surface area contributed by atoms with Gasteiger partial charge in [0.2, 0.25) is 0 Å². The van der Waals surface area contributed by atoms with Crippen LogP contribution in [0.2, 0.25) is 0 Å². The standard InChI is InChI=1S/C14H28O/c1-2-3-4-5-6-7-8-9-10-14(15)13-11-12-13/h13-15H,2-12H2,1H3. The molecule has 0 aliphatic heterocycles. The first kappa shape index (κ1) is 13.0. The van der Waals surface area contributed by atoms with E-state index in [4.69, 9.17) is 0 Å². The lowest BCUT2D eigenvalue weighted by Crippen LogP contribution is -2.08. The first-order valence-corrected chi connectivity index (χ1v) is 7.02. The van der Waals surface area contributed by atoms with Crippen LogP contribution in [0.3, 0.4) is 0 Å². The molecule has 0 aromatic rings. The van der Waals surface area contributed by atoms with E-state index in [0.29, 0.717) is 5.92 Å². The molecular formula is C14H28O. The lowest BCUT2D eigenvalue weighted by atomic mass is 10.0. The van der Waals surface area contributed by atoms with Gasteiger partial charge in [-0.05, 0) is 25.2 Å². The average molecular weight is 212 g/mol. The zero-order valence-corrected chi connectivity index (χ0v) is 10.4. The molecular weight excluding hydrogens is 184 g/mol. The summed E-state index contributed by atoms with van der Waals surface area (Å²) in [5.41, 5.74) is 0. The van der Waals surface area contributed by atoms with Crippen molar-refractivity contribution >= 4 is 0 Å². The van der Waals surface area contributed by atoms with Crippen LogP contribution in [0, 0.1) is 5.92 Å². The quantitative estimate of drug-likeness (QED) is 0.536. The molecule has 1 saturated carbocycles. The Bertz CT molecular complexity index is 140. The monoisotopic (exact) mass is 212 g/mol. The topological polar surface area (TPSA) is 20.2 Å². The van der Waals surface area contributed by atoms with Gasteiger partial charge in [0.1, 0.15) is 0 Å². The van der Waals surface area contributed by atoms with Crippen molar-refractivity contribution in [1.29, 1.82) is 0 Å². The van der Waals surface area contributed by atoms with Crippen LogP contribution in [0.1, 0.15) is 77.6 Å². The Morgan fingerprint density at radius 1 is 0.933 bits per heavy atom. The van der Waals surface area contributed by atoms with Gasteiger partial charge in [-0.1, -0.05) is 58.3 Å². The highest BCUT2D eigenvalue weighted by Crippen LogP contribution is 2.34. The van der Waals surface area contributed by atoms with Crippen molar-refractivity contribution in [3.63, 3.8) is 0 Å². The van der Waals surface area contributed by atoms with Gasteiger partial charge in [0.05, 0.1) is 6.10 Å². The molecule has 1 aliphatic carbocycles. The normalized spacial score (nSPS) is 18.0. The number of unbranched alkanes of at least 4 members (excludes halogenated alkanes) is 7. The number of hydrogen-bond donors (Lipinski definition) is 1. The molecule has 90 valence electrons. The van der Waals surface area contributed by atoms with Gasteiger partial charge in [0, 0.05) is 0 Å². The van der Waals surface area contributed by atoms with E-state index in [0.717, 1.165) is 6.42 Å². The van der Waals surface area contributed by atoms with Gasteiger partial charge in [-0.3, -0.25) is 0 Å². The molecule has 0 aromatic carbocycles. The molecule has 1 atom stereocenters. The van der Waals surface area contributed by atoms with Crippen LogP contribution in [0.25, 0.3) is 0 Å². The minimum atomic E-state index is 0.0325. The van der Waals surface area contributed by atoms with Crippen molar-refractivity contribution in [2.75, 3.05) is 0 Å². The Labute approximate surface area is 95.3 Å². The summed E-state index contributed by atoms with van der Waals surface area (Å²) >= 11 is 0. The summed E-state index contributed by atoms with van der Waals surface area (Å²) < 4.78 is 0. The maximum Gasteiger partial charge on any atom is 0.0568 e. The second kappa shape index (κ2) is 8.15. The van der Waals surface area contributed by atoms with Crippen molar-refractivity contribution in [3.8, 4) is 0 Å². The van der Waals surface area contributed by atoms with Crippen molar-refractivity contribution in [2.24, 2.45) is 5.92 Å². The smallest absolute Gasteiger partial charge is 0.0568 e. The van der Waals surface area contributed by atoms with Crippen molar-refractivity contribution < 1.29 is 5.11 Å². The van der Waals surface area contributed by atoms with Crippen LogP contribution in [-0.2, 0) is 0 Å². The Morgan fingerprint density at radius 3 is 2.00 bits per heavy atom. The molecule has 1 rings (SSSR count). The van der Waals surface area contributed by atoms with Gasteiger partial charge < -0.3 is 5.11 Å². The van der Waals surface area contributed by atoms with Crippen LogP contribution < -0.4 is 0 Å². The molecule has 1 heteroatoms. The predicted molar refractivity (Wildman–Crippen MR) is 66.0 cm³/mol. The zero-order chi connectivity index (χ0) is 10.9. The second-order valence-electron chi connectivity index (χ2n) is 5.17. The molecule has 1 N–H and O–H groups in total. The molecule has 0 aromatic heterocycles. The molecule has 1 aliphatic rings. The lowest BCUT2D eigenvalue weighted by Gasteiger charge is -2.08. The van der Waals surface area contributed by atoms with Gasteiger partial charge >= 0.3 is 0 Å². The Hall–Kier alpha value is -0.0400. The summed E-state index contributed by atoms with van der Waals surface area (Å²) in [5.74, 6) is 0.676. The summed E-state index contributed by atoms with van der Waals surface area (Å²) in [7, 11) is 0. The minimum Gasteiger partial charge on any atom is -0.393 e. The highest BCUT2D eigenvalue weighted by molar-refractivity contribution is 4.80. The third kappa shape index (κ3) is 6.94. The summed E-state index contributed by atoms with van der Waals surface area (Å²) in [6.45, 7) is 2.26. The summed E-state index contributed by atoms with van der Waals surface area (Å²) in [4.78, 5) is 0. The summed E-state index contributed by atoms with van der Waals surface area (Å²) in [6, 6.07) is 0. The van der Waals surface area contributed by atoms with Crippen LogP contribution in [-0.4, -0.2) is 11.2 Å². The predicted octanol–water partition coefficient (Wildman–Crippen LogP) is 4.29. The maximum absolute atomic E-state index is 9.66. The van der Waals surface area contributed by atoms with Crippen LogP contribution >= 0.6 is 0 Å². The number of aliphatic hydroxyl groups excluding tert-OH is 1. The lowest BCUT2D eigenvalue weighted by molar-refractivity contribution is 0.138. The van der Waals surface area contributed by atoms with E-state index in [-0.39, 0.29) is 6.10 Å². The van der Waals surface area contributed by atoms with Crippen LogP contribution in [0.15, 0.2) is 0 Å². The zero-order valence-electron chi connectivity index (χ0n) is 10.4. The van der Waals surface area contributed by atoms with E-state index in [2.05, 4.69) is 6.92 Å². The highest BCUT2D eigenvalue weighted by atomic mass is 16.3. The summed E-state index contributed by atoms with van der Waals surface area (Å²) in [6.07, 6.45) is 14.6. The Balaban J connectivity index is 1.72. The fourth-order valence-corrected chi connectivity index (χ4v) is 2.20. The minimum absolute atomic E-state index is 0.0325. The molecule has 0 heterocycles. The fourth-order valence-electron chi connectivity index (χ4n) is 2.20. The van der Waals surface area contributed by atoms with E-state index in [1.165, 1.54) is 64.2 Å². The third-order valence-electron chi connectivity index (χ3n) is 3.52. The summed E-state index contributed by atoms with van der Waals surface area (Å²) in [5, 5.41) is 9.66. The van der Waals surface area contributed by atoms with Crippen molar-refractivity contribution in [2.45, 2.75) is 83.7 Å². The molecule has 1 fully saturated rings. The maximum atomic E-state index is 9.66. The first-order chi connectivity index (χ1) is 7.34. The van der Waals surface area contributed by atoms with Gasteiger partial charge in [-0.25, -0.2) is 0 Å². The number of aliphatic hydroxyl groups is 1. The van der Waals surface area contributed by atoms with Crippen LogP contribution in [0.4, 0.5) is 0 Å². The number of rotatable bonds is 10. The van der Waals surface area contributed by atoms with E-state index >= 15 is 0 Å². The molecule has 0 bridgehead atoms. The molecule has 1 nitrogen and oxygen atoms in total. The third-order valence-corrected chi connectivity index (χ3v) is 3.52. The van der Waals surface area contributed by atoms with Gasteiger partial charge in [0.25, 0.3) is 0 Å². The van der Waals surface area contributed by atoms with Gasteiger partial charge in [-0.2, -0.15) is 0 Å². The largest absolute Gasteiger partial charge is 0.393 e. The van der Waals surface area contributed by atoms with Crippen molar-refractivity contribution in [3.05, 3.63) is 0 Å². The number of hydrogen-bond acceptors (Lipinski definition) is 1.